The van der Waals surface area contributed by atoms with Gasteiger partial charge in [-0.1, -0.05) is 5.16 Å². The number of nitrogen functional groups attached to an aromatic ring is 2. The first-order valence-electron chi connectivity index (χ1n) is 7.20. The molecule has 0 atom stereocenters. The first kappa shape index (κ1) is 13.5. The Labute approximate surface area is 131 Å². The van der Waals surface area contributed by atoms with Gasteiger partial charge in [-0.25, -0.2) is 14.6 Å². The molecule has 1 aromatic carbocycles. The number of nitrogens with zero attached hydrogens (tertiary/aromatic N) is 5. The summed E-state index contributed by atoms with van der Waals surface area (Å²) in [4.78, 5) is 8.43. The average molecular weight is 309 g/mol. The highest BCUT2D eigenvalue weighted by atomic mass is 16.5. The van der Waals surface area contributed by atoms with E-state index in [0.717, 1.165) is 16.3 Å². The fourth-order valence-corrected chi connectivity index (χ4v) is 2.66. The second-order valence-corrected chi connectivity index (χ2v) is 5.62. The Morgan fingerprint density at radius 1 is 1.13 bits per heavy atom. The van der Waals surface area contributed by atoms with Gasteiger partial charge in [0.2, 0.25) is 0 Å². The summed E-state index contributed by atoms with van der Waals surface area (Å²) in [5, 5.41) is 9.93. The normalized spacial score (nSPS) is 11.8. The first-order chi connectivity index (χ1) is 11.1. The molecule has 0 aliphatic rings. The number of hydrogen-bond donors (Lipinski definition) is 2. The van der Waals surface area contributed by atoms with Crippen molar-refractivity contribution in [2.75, 3.05) is 11.5 Å². The Balaban J connectivity index is 2.05. The molecule has 0 fully saturated rings. The molecule has 0 aliphatic carbocycles. The molecule has 0 radical (unpaired) electrons. The van der Waals surface area contributed by atoms with Gasteiger partial charge in [0.25, 0.3) is 0 Å². The van der Waals surface area contributed by atoms with Crippen LogP contribution >= 0.6 is 0 Å². The van der Waals surface area contributed by atoms with Gasteiger partial charge in [-0.2, -0.15) is 5.10 Å². The Hall–Kier alpha value is -3.16. The van der Waals surface area contributed by atoms with Gasteiger partial charge in [0, 0.05) is 11.6 Å². The zero-order chi connectivity index (χ0) is 16.1. The predicted octanol–water partition coefficient (Wildman–Crippen LogP) is 2.38. The number of nitrogens with two attached hydrogens (primary N) is 2. The van der Waals surface area contributed by atoms with Crippen LogP contribution in [0.1, 0.15) is 19.9 Å². The van der Waals surface area contributed by atoms with Gasteiger partial charge in [0.05, 0.1) is 10.8 Å². The highest BCUT2D eigenvalue weighted by Gasteiger charge is 2.19. The Morgan fingerprint density at radius 2 is 1.96 bits per heavy atom. The van der Waals surface area contributed by atoms with Crippen LogP contribution in [0.5, 0.6) is 0 Å². The molecule has 8 heteroatoms. The van der Waals surface area contributed by atoms with Crippen molar-refractivity contribution in [3.8, 4) is 11.3 Å². The molecule has 4 rings (SSSR count). The first-order valence-corrected chi connectivity index (χ1v) is 7.20. The molecule has 0 aliphatic heterocycles. The van der Waals surface area contributed by atoms with Gasteiger partial charge in [-0.15, -0.1) is 0 Å². The van der Waals surface area contributed by atoms with Crippen LogP contribution in [0.25, 0.3) is 33.3 Å². The molecule has 0 saturated heterocycles. The predicted molar refractivity (Wildman–Crippen MR) is 87.5 cm³/mol. The van der Waals surface area contributed by atoms with E-state index in [1.807, 2.05) is 36.7 Å². The minimum Gasteiger partial charge on any atom is -0.383 e. The lowest BCUT2D eigenvalue weighted by Crippen LogP contribution is -2.04. The summed E-state index contributed by atoms with van der Waals surface area (Å²) in [6.45, 7) is 4.07. The van der Waals surface area contributed by atoms with Crippen molar-refractivity contribution in [3.63, 3.8) is 0 Å². The van der Waals surface area contributed by atoms with Crippen LogP contribution in [0.4, 0.5) is 11.6 Å². The standard InChI is InChI=1S/C15H15N7O/c1-7(2)22-15-11(14(17)18-6-19-15)12(20-22)8-3-4-10-9(5-8)13(16)21-23-10/h3-7H,1-2H3,(H2,16,21)(H2,17,18,19). The molecule has 0 saturated carbocycles. The van der Waals surface area contributed by atoms with E-state index < -0.39 is 0 Å². The summed E-state index contributed by atoms with van der Waals surface area (Å²) in [6.07, 6.45) is 1.45. The lowest BCUT2D eigenvalue weighted by molar-refractivity contribution is 0.460. The second kappa shape index (κ2) is 4.67. The van der Waals surface area contributed by atoms with Crippen LogP contribution in [-0.2, 0) is 0 Å². The van der Waals surface area contributed by atoms with Crippen molar-refractivity contribution in [1.82, 2.24) is 24.9 Å². The maximum atomic E-state index is 6.07. The van der Waals surface area contributed by atoms with E-state index in [0.29, 0.717) is 28.6 Å². The smallest absolute Gasteiger partial charge is 0.174 e. The van der Waals surface area contributed by atoms with Gasteiger partial charge in [0.15, 0.2) is 17.0 Å². The lowest BCUT2D eigenvalue weighted by atomic mass is 10.1. The Morgan fingerprint density at radius 3 is 2.74 bits per heavy atom. The summed E-state index contributed by atoms with van der Waals surface area (Å²) < 4.78 is 6.98. The number of anilines is 2. The van der Waals surface area contributed by atoms with E-state index in [4.69, 9.17) is 16.0 Å². The zero-order valence-corrected chi connectivity index (χ0v) is 12.7. The second-order valence-electron chi connectivity index (χ2n) is 5.62. The third-order valence-electron chi connectivity index (χ3n) is 3.78. The SMILES string of the molecule is CC(C)n1nc(-c2ccc3onc(N)c3c2)c2c(N)ncnc21. The van der Waals surface area contributed by atoms with E-state index in [1.54, 1.807) is 0 Å². The lowest BCUT2D eigenvalue weighted by Gasteiger charge is -2.05. The van der Waals surface area contributed by atoms with Crippen LogP contribution in [0.3, 0.4) is 0 Å². The van der Waals surface area contributed by atoms with Crippen LogP contribution in [0.2, 0.25) is 0 Å². The van der Waals surface area contributed by atoms with Crippen LogP contribution in [-0.4, -0.2) is 24.9 Å². The monoisotopic (exact) mass is 309 g/mol. The number of benzene rings is 1. The molecular weight excluding hydrogens is 294 g/mol. The summed E-state index contributed by atoms with van der Waals surface area (Å²) >= 11 is 0. The van der Waals surface area contributed by atoms with Crippen molar-refractivity contribution in [3.05, 3.63) is 24.5 Å². The van der Waals surface area contributed by atoms with Gasteiger partial charge >= 0.3 is 0 Å². The largest absolute Gasteiger partial charge is 0.383 e. The summed E-state index contributed by atoms with van der Waals surface area (Å²) in [7, 11) is 0. The number of hydrogen-bond acceptors (Lipinski definition) is 7. The number of fused-ring (bicyclic) bond motifs is 2. The molecule has 4 N–H and O–H groups in total. The molecule has 0 spiro atoms. The average Bonchev–Trinajstić information content (AvgIpc) is 3.09. The highest BCUT2D eigenvalue weighted by Crippen LogP contribution is 2.34. The van der Waals surface area contributed by atoms with E-state index in [1.165, 1.54) is 6.33 Å². The molecule has 4 aromatic rings. The number of aromatic nitrogens is 5. The molecule has 0 unspecified atom stereocenters. The maximum absolute atomic E-state index is 6.07. The molecule has 0 amide bonds. The minimum absolute atomic E-state index is 0.143. The fourth-order valence-electron chi connectivity index (χ4n) is 2.66. The van der Waals surface area contributed by atoms with Crippen LogP contribution < -0.4 is 11.5 Å². The molecule has 8 nitrogen and oxygen atoms in total. The number of rotatable bonds is 2. The highest BCUT2D eigenvalue weighted by molar-refractivity contribution is 6.00. The summed E-state index contributed by atoms with van der Waals surface area (Å²) in [5.41, 5.74) is 14.8. The van der Waals surface area contributed by atoms with Crippen molar-refractivity contribution >= 4 is 33.6 Å². The van der Waals surface area contributed by atoms with Gasteiger partial charge in [0.1, 0.15) is 17.8 Å². The van der Waals surface area contributed by atoms with E-state index in [-0.39, 0.29) is 6.04 Å². The molecule has 3 aromatic heterocycles. The van der Waals surface area contributed by atoms with E-state index >= 15 is 0 Å². The van der Waals surface area contributed by atoms with E-state index in [9.17, 15) is 0 Å². The summed E-state index contributed by atoms with van der Waals surface area (Å²) in [6, 6.07) is 5.74. The molecule has 3 heterocycles. The summed E-state index contributed by atoms with van der Waals surface area (Å²) in [5.74, 6) is 0.744. The third-order valence-corrected chi connectivity index (χ3v) is 3.78. The van der Waals surface area contributed by atoms with Gasteiger partial charge in [-0.05, 0) is 32.0 Å². The van der Waals surface area contributed by atoms with Crippen molar-refractivity contribution < 1.29 is 4.52 Å². The van der Waals surface area contributed by atoms with E-state index in [2.05, 4.69) is 20.2 Å². The van der Waals surface area contributed by atoms with Crippen LogP contribution in [0, 0.1) is 0 Å². The van der Waals surface area contributed by atoms with Gasteiger partial charge in [-0.3, -0.25) is 0 Å². The molecule has 116 valence electrons. The fraction of sp³-hybridized carbons (Fsp3) is 0.200. The maximum Gasteiger partial charge on any atom is 0.174 e. The van der Waals surface area contributed by atoms with Crippen molar-refractivity contribution in [2.45, 2.75) is 19.9 Å². The zero-order valence-electron chi connectivity index (χ0n) is 12.7. The quantitative estimate of drug-likeness (QED) is 0.583. The van der Waals surface area contributed by atoms with Crippen molar-refractivity contribution in [1.29, 1.82) is 0 Å². The molecular formula is C15H15N7O. The van der Waals surface area contributed by atoms with Crippen molar-refractivity contribution in [2.24, 2.45) is 0 Å². The third kappa shape index (κ3) is 1.91. The Bertz CT molecular complexity index is 1030. The van der Waals surface area contributed by atoms with Gasteiger partial charge < -0.3 is 16.0 Å². The minimum atomic E-state index is 0.143. The molecule has 23 heavy (non-hydrogen) atoms. The topological polar surface area (TPSA) is 122 Å². The van der Waals surface area contributed by atoms with Crippen LogP contribution in [0.15, 0.2) is 29.0 Å². The Kier molecular flexibility index (Phi) is 2.74. The molecule has 0 bridgehead atoms.